The van der Waals surface area contributed by atoms with E-state index >= 15 is 0 Å². The normalized spacial score (nSPS) is 10.2. The number of methoxy groups -OCH3 is 1. The summed E-state index contributed by atoms with van der Waals surface area (Å²) < 4.78 is 18.2. The summed E-state index contributed by atoms with van der Waals surface area (Å²) in [6.07, 6.45) is 1.50. The number of benzene rings is 2. The van der Waals surface area contributed by atoms with Crippen molar-refractivity contribution in [1.29, 1.82) is 0 Å². The van der Waals surface area contributed by atoms with Gasteiger partial charge in [-0.15, -0.1) is 0 Å². The van der Waals surface area contributed by atoms with E-state index in [4.69, 9.17) is 4.74 Å². The number of amides is 1. The number of nitrogens with one attached hydrogen (secondary N) is 2. The Balaban J connectivity index is 1.61. The van der Waals surface area contributed by atoms with E-state index in [0.29, 0.717) is 23.7 Å². The number of pyridine rings is 1. The zero-order chi connectivity index (χ0) is 18.4. The first kappa shape index (κ1) is 17.4. The van der Waals surface area contributed by atoms with Crippen molar-refractivity contribution >= 4 is 17.4 Å². The maximum absolute atomic E-state index is 12.9. The van der Waals surface area contributed by atoms with Gasteiger partial charge in [-0.25, -0.2) is 9.37 Å². The topological polar surface area (TPSA) is 63.2 Å². The molecule has 0 spiro atoms. The summed E-state index contributed by atoms with van der Waals surface area (Å²) in [6.45, 7) is 0.320. The molecule has 3 aromatic rings. The van der Waals surface area contributed by atoms with Crippen molar-refractivity contribution in [3.63, 3.8) is 0 Å². The first-order valence-corrected chi connectivity index (χ1v) is 8.04. The van der Waals surface area contributed by atoms with Gasteiger partial charge in [0.25, 0.3) is 5.91 Å². The number of aromatic nitrogens is 1. The third kappa shape index (κ3) is 4.36. The Morgan fingerprint density at radius 3 is 2.54 bits per heavy atom. The average molecular weight is 351 g/mol. The molecule has 0 aliphatic heterocycles. The SMILES string of the molecule is COc1ccccc1Nc1ccc(C(=O)NCc2ccc(F)cc2)cn1. The van der Waals surface area contributed by atoms with Crippen molar-refractivity contribution in [3.05, 3.63) is 83.8 Å². The molecule has 0 saturated carbocycles. The first-order chi connectivity index (χ1) is 12.7. The number of ether oxygens (including phenoxy) is 1. The summed E-state index contributed by atoms with van der Waals surface area (Å²) in [5.41, 5.74) is 2.05. The van der Waals surface area contributed by atoms with Gasteiger partial charge >= 0.3 is 0 Å². The highest BCUT2D eigenvalue weighted by Crippen LogP contribution is 2.26. The number of hydrogen-bond donors (Lipinski definition) is 2. The van der Waals surface area contributed by atoms with Gasteiger partial charge in [0.15, 0.2) is 0 Å². The van der Waals surface area contributed by atoms with Crippen molar-refractivity contribution in [2.24, 2.45) is 0 Å². The molecule has 0 unspecified atom stereocenters. The van der Waals surface area contributed by atoms with Crippen molar-refractivity contribution in [1.82, 2.24) is 10.3 Å². The molecule has 2 N–H and O–H groups in total. The molecule has 1 heterocycles. The molecule has 0 atom stereocenters. The second-order valence-electron chi connectivity index (χ2n) is 5.57. The quantitative estimate of drug-likeness (QED) is 0.707. The van der Waals surface area contributed by atoms with Gasteiger partial charge in [0.2, 0.25) is 0 Å². The van der Waals surface area contributed by atoms with Crippen LogP contribution < -0.4 is 15.4 Å². The number of nitrogens with zero attached hydrogens (tertiary/aromatic N) is 1. The van der Waals surface area contributed by atoms with E-state index in [9.17, 15) is 9.18 Å². The lowest BCUT2D eigenvalue weighted by Gasteiger charge is -2.10. The summed E-state index contributed by atoms with van der Waals surface area (Å²) in [5, 5.41) is 5.93. The number of carbonyl (C=O) groups excluding carboxylic acids is 1. The lowest BCUT2D eigenvalue weighted by Crippen LogP contribution is -2.22. The zero-order valence-electron chi connectivity index (χ0n) is 14.2. The Bertz CT molecular complexity index is 880. The minimum atomic E-state index is -0.303. The number of para-hydroxylation sites is 2. The summed E-state index contributed by atoms with van der Waals surface area (Å²) in [6, 6.07) is 16.9. The molecule has 0 radical (unpaired) electrons. The molecule has 6 heteroatoms. The van der Waals surface area contributed by atoms with Crippen LogP contribution >= 0.6 is 0 Å². The third-order valence-corrected chi connectivity index (χ3v) is 3.76. The molecule has 1 amide bonds. The largest absolute Gasteiger partial charge is 0.495 e. The van der Waals surface area contributed by atoms with E-state index in [0.717, 1.165) is 11.3 Å². The van der Waals surface area contributed by atoms with Crippen molar-refractivity contribution in [2.45, 2.75) is 6.54 Å². The van der Waals surface area contributed by atoms with Crippen LogP contribution in [-0.2, 0) is 6.54 Å². The number of anilines is 2. The predicted molar refractivity (Wildman–Crippen MR) is 98.1 cm³/mol. The highest BCUT2D eigenvalue weighted by Gasteiger charge is 2.07. The fraction of sp³-hybridized carbons (Fsp3) is 0.100. The Labute approximate surface area is 150 Å². The fourth-order valence-corrected chi connectivity index (χ4v) is 2.37. The van der Waals surface area contributed by atoms with E-state index in [2.05, 4.69) is 15.6 Å². The summed E-state index contributed by atoms with van der Waals surface area (Å²) >= 11 is 0. The number of hydrogen-bond acceptors (Lipinski definition) is 4. The molecular weight excluding hydrogens is 333 g/mol. The lowest BCUT2D eigenvalue weighted by molar-refractivity contribution is 0.0950. The van der Waals surface area contributed by atoms with Crippen LogP contribution in [0.2, 0.25) is 0 Å². The van der Waals surface area contributed by atoms with Crippen LogP contribution in [0.1, 0.15) is 15.9 Å². The van der Waals surface area contributed by atoms with E-state index in [1.165, 1.54) is 18.3 Å². The van der Waals surface area contributed by atoms with Crippen molar-refractivity contribution in [2.75, 3.05) is 12.4 Å². The molecule has 0 aliphatic rings. The Morgan fingerprint density at radius 1 is 1.08 bits per heavy atom. The predicted octanol–water partition coefficient (Wildman–Crippen LogP) is 3.90. The standard InChI is InChI=1S/C20H18FN3O2/c1-26-18-5-3-2-4-17(18)24-19-11-8-15(13-22-19)20(25)23-12-14-6-9-16(21)10-7-14/h2-11,13H,12H2,1H3,(H,22,24)(H,23,25). The van der Waals surface area contributed by atoms with Gasteiger partial charge in [0, 0.05) is 12.7 Å². The molecule has 0 aliphatic carbocycles. The van der Waals surface area contributed by atoms with E-state index in [1.807, 2.05) is 24.3 Å². The van der Waals surface area contributed by atoms with Gasteiger partial charge in [-0.1, -0.05) is 24.3 Å². The molecule has 0 fully saturated rings. The summed E-state index contributed by atoms with van der Waals surface area (Å²) in [7, 11) is 1.60. The second kappa shape index (κ2) is 8.11. The molecule has 0 bridgehead atoms. The Morgan fingerprint density at radius 2 is 1.85 bits per heavy atom. The van der Waals surface area contributed by atoms with Crippen LogP contribution in [-0.4, -0.2) is 18.0 Å². The van der Waals surface area contributed by atoms with Gasteiger partial charge in [-0.3, -0.25) is 4.79 Å². The maximum atomic E-state index is 12.9. The van der Waals surface area contributed by atoms with Gasteiger partial charge in [-0.2, -0.15) is 0 Å². The highest BCUT2D eigenvalue weighted by atomic mass is 19.1. The van der Waals surface area contributed by atoms with E-state index in [-0.39, 0.29) is 11.7 Å². The van der Waals surface area contributed by atoms with Crippen LogP contribution in [0.15, 0.2) is 66.9 Å². The molecular formula is C20H18FN3O2. The summed E-state index contributed by atoms with van der Waals surface area (Å²) in [4.78, 5) is 16.4. The molecule has 2 aromatic carbocycles. The molecule has 26 heavy (non-hydrogen) atoms. The molecule has 132 valence electrons. The van der Waals surface area contributed by atoms with Crippen molar-refractivity contribution in [3.8, 4) is 5.75 Å². The summed E-state index contributed by atoms with van der Waals surface area (Å²) in [5.74, 6) is 0.757. The third-order valence-electron chi connectivity index (χ3n) is 3.76. The molecule has 5 nitrogen and oxygen atoms in total. The zero-order valence-corrected chi connectivity index (χ0v) is 14.2. The molecule has 0 saturated heterocycles. The van der Waals surface area contributed by atoms with Crippen LogP contribution in [0.5, 0.6) is 5.75 Å². The van der Waals surface area contributed by atoms with Gasteiger partial charge < -0.3 is 15.4 Å². The van der Waals surface area contributed by atoms with Crippen LogP contribution in [0.4, 0.5) is 15.9 Å². The Kier molecular flexibility index (Phi) is 5.43. The minimum Gasteiger partial charge on any atom is -0.495 e. The Hall–Kier alpha value is -3.41. The number of halogens is 1. The first-order valence-electron chi connectivity index (χ1n) is 8.04. The van der Waals surface area contributed by atoms with Gasteiger partial charge in [0.05, 0.1) is 18.4 Å². The average Bonchev–Trinajstić information content (AvgIpc) is 2.68. The van der Waals surface area contributed by atoms with Gasteiger partial charge in [0.1, 0.15) is 17.4 Å². The number of rotatable bonds is 6. The number of carbonyl (C=O) groups is 1. The monoisotopic (exact) mass is 351 g/mol. The van der Waals surface area contributed by atoms with E-state index in [1.54, 1.807) is 31.4 Å². The lowest BCUT2D eigenvalue weighted by atomic mass is 10.2. The fourth-order valence-electron chi connectivity index (χ4n) is 2.37. The van der Waals surface area contributed by atoms with Crippen LogP contribution in [0, 0.1) is 5.82 Å². The second-order valence-corrected chi connectivity index (χ2v) is 5.57. The van der Waals surface area contributed by atoms with Gasteiger partial charge in [-0.05, 0) is 42.0 Å². The highest BCUT2D eigenvalue weighted by molar-refractivity contribution is 5.94. The molecule has 1 aromatic heterocycles. The van der Waals surface area contributed by atoms with Crippen LogP contribution in [0.25, 0.3) is 0 Å². The smallest absolute Gasteiger partial charge is 0.253 e. The maximum Gasteiger partial charge on any atom is 0.253 e. The minimum absolute atomic E-state index is 0.245. The van der Waals surface area contributed by atoms with Crippen molar-refractivity contribution < 1.29 is 13.9 Å². The van der Waals surface area contributed by atoms with Crippen LogP contribution in [0.3, 0.4) is 0 Å². The van der Waals surface area contributed by atoms with E-state index < -0.39 is 0 Å². The molecule has 3 rings (SSSR count).